The lowest BCUT2D eigenvalue weighted by molar-refractivity contribution is -0.0462. The van der Waals surface area contributed by atoms with Gasteiger partial charge in [-0.2, -0.15) is 0 Å². The van der Waals surface area contributed by atoms with Crippen molar-refractivity contribution in [3.63, 3.8) is 0 Å². The molecular formula is C18H27ClFNO2. The second-order valence-electron chi connectivity index (χ2n) is 6.22. The average molecular weight is 344 g/mol. The number of unbranched alkanes of at least 4 members (excludes halogenated alkanes) is 1. The Morgan fingerprint density at radius 3 is 2.96 bits per heavy atom. The van der Waals surface area contributed by atoms with Gasteiger partial charge in [-0.15, -0.1) is 0 Å². The van der Waals surface area contributed by atoms with Gasteiger partial charge >= 0.3 is 0 Å². The largest absolute Gasteiger partial charge is 0.385 e. The predicted octanol–water partition coefficient (Wildman–Crippen LogP) is 3.87. The number of piperidine rings is 1. The Bertz CT molecular complexity index is 494. The van der Waals surface area contributed by atoms with Crippen LogP contribution in [0, 0.1) is 11.7 Å². The summed E-state index contributed by atoms with van der Waals surface area (Å²) in [5.41, 5.74) is -0.857. The van der Waals surface area contributed by atoms with Gasteiger partial charge in [0.1, 0.15) is 5.82 Å². The second kappa shape index (κ2) is 8.97. The van der Waals surface area contributed by atoms with Gasteiger partial charge in [0.25, 0.3) is 0 Å². The molecule has 1 aliphatic heterocycles. The fourth-order valence-corrected chi connectivity index (χ4v) is 3.57. The van der Waals surface area contributed by atoms with Crippen LogP contribution in [0.2, 0.25) is 5.02 Å². The number of halogens is 2. The van der Waals surface area contributed by atoms with Gasteiger partial charge in [0.2, 0.25) is 0 Å². The van der Waals surface area contributed by atoms with Gasteiger partial charge < -0.3 is 15.2 Å². The molecule has 3 nitrogen and oxygen atoms in total. The highest BCUT2D eigenvalue weighted by atomic mass is 35.5. The van der Waals surface area contributed by atoms with E-state index in [-0.39, 0.29) is 10.9 Å². The summed E-state index contributed by atoms with van der Waals surface area (Å²) in [6.07, 6.45) is 4.05. The summed E-state index contributed by atoms with van der Waals surface area (Å²) >= 11 is 5.94. The van der Waals surface area contributed by atoms with Gasteiger partial charge in [-0.25, -0.2) is 4.39 Å². The molecule has 23 heavy (non-hydrogen) atoms. The van der Waals surface area contributed by atoms with E-state index in [0.29, 0.717) is 31.7 Å². The lowest BCUT2D eigenvalue weighted by Gasteiger charge is -2.39. The highest BCUT2D eigenvalue weighted by Crippen LogP contribution is 2.40. The van der Waals surface area contributed by atoms with Crippen molar-refractivity contribution in [2.75, 3.05) is 26.3 Å². The Morgan fingerprint density at radius 2 is 2.26 bits per heavy atom. The number of aliphatic hydroxyl groups is 1. The quantitative estimate of drug-likeness (QED) is 0.704. The molecule has 0 amide bonds. The third-order valence-corrected chi connectivity index (χ3v) is 4.98. The molecule has 1 aromatic rings. The molecule has 0 saturated carbocycles. The molecule has 0 bridgehead atoms. The summed E-state index contributed by atoms with van der Waals surface area (Å²) in [5, 5.41) is 14.8. The Kier molecular flexibility index (Phi) is 7.28. The van der Waals surface area contributed by atoms with Crippen molar-refractivity contribution in [3.05, 3.63) is 34.6 Å². The number of hydrogen-bond donors (Lipinski definition) is 2. The van der Waals surface area contributed by atoms with Gasteiger partial charge in [0.05, 0.1) is 10.6 Å². The van der Waals surface area contributed by atoms with E-state index >= 15 is 0 Å². The number of rotatable bonds is 8. The Morgan fingerprint density at radius 1 is 1.43 bits per heavy atom. The van der Waals surface area contributed by atoms with Crippen molar-refractivity contribution < 1.29 is 14.2 Å². The lowest BCUT2D eigenvalue weighted by atomic mass is 9.74. The number of ether oxygens (including phenoxy) is 1. The highest BCUT2D eigenvalue weighted by molar-refractivity contribution is 6.30. The van der Waals surface area contributed by atoms with Crippen LogP contribution in [0.15, 0.2) is 18.2 Å². The first kappa shape index (κ1) is 18.7. The van der Waals surface area contributed by atoms with Crippen molar-refractivity contribution in [1.29, 1.82) is 0 Å². The minimum Gasteiger partial charge on any atom is -0.385 e. The Balaban J connectivity index is 2.18. The standard InChI is InChI=1S/C18H27ClFNO2/c1-2-23-12-4-3-10-18(22,14-7-6-11-21-13-14)15-8-5-9-16(19)17(15)20/h5,8-9,14,21-22H,2-4,6-7,10-13H2,1H3/t14-,18?/m1/s1. The Hall–Kier alpha value is -0.680. The van der Waals surface area contributed by atoms with E-state index in [2.05, 4.69) is 5.32 Å². The normalized spacial score (nSPS) is 21.1. The maximum atomic E-state index is 14.5. The van der Waals surface area contributed by atoms with E-state index in [1.54, 1.807) is 12.1 Å². The molecule has 1 heterocycles. The van der Waals surface area contributed by atoms with Crippen LogP contribution >= 0.6 is 11.6 Å². The zero-order chi connectivity index (χ0) is 16.7. The van der Waals surface area contributed by atoms with Crippen molar-refractivity contribution in [3.8, 4) is 0 Å². The maximum absolute atomic E-state index is 14.5. The zero-order valence-electron chi connectivity index (χ0n) is 13.8. The van der Waals surface area contributed by atoms with Gasteiger partial charge in [0.15, 0.2) is 0 Å². The van der Waals surface area contributed by atoms with Gasteiger partial charge in [0, 0.05) is 31.2 Å². The van der Waals surface area contributed by atoms with Crippen LogP contribution in [-0.2, 0) is 10.3 Å². The molecule has 2 atom stereocenters. The van der Waals surface area contributed by atoms with Crippen LogP contribution in [0.5, 0.6) is 0 Å². The van der Waals surface area contributed by atoms with Crippen LogP contribution < -0.4 is 5.32 Å². The molecule has 1 unspecified atom stereocenters. The predicted molar refractivity (Wildman–Crippen MR) is 91.2 cm³/mol. The van der Waals surface area contributed by atoms with E-state index in [1.807, 2.05) is 6.92 Å². The highest BCUT2D eigenvalue weighted by Gasteiger charge is 2.40. The fourth-order valence-electron chi connectivity index (χ4n) is 3.40. The smallest absolute Gasteiger partial charge is 0.147 e. The molecule has 2 rings (SSSR count). The molecule has 130 valence electrons. The summed E-state index contributed by atoms with van der Waals surface area (Å²) in [4.78, 5) is 0. The molecule has 1 aliphatic rings. The molecule has 0 radical (unpaired) electrons. The average Bonchev–Trinajstić information content (AvgIpc) is 2.58. The van der Waals surface area contributed by atoms with Gasteiger partial charge in [-0.05, 0) is 51.6 Å². The van der Waals surface area contributed by atoms with Crippen molar-refractivity contribution in [2.45, 2.75) is 44.6 Å². The molecular weight excluding hydrogens is 317 g/mol. The van der Waals surface area contributed by atoms with Crippen molar-refractivity contribution >= 4 is 11.6 Å². The SMILES string of the molecule is CCOCCCCC(O)(c1cccc(Cl)c1F)[C@@H]1CCCNC1. The minimum atomic E-state index is -1.19. The first-order valence-corrected chi connectivity index (χ1v) is 8.92. The van der Waals surface area contributed by atoms with Crippen LogP contribution in [0.3, 0.4) is 0 Å². The first-order valence-electron chi connectivity index (χ1n) is 8.55. The summed E-state index contributed by atoms with van der Waals surface area (Å²) in [6.45, 7) is 4.99. The van der Waals surface area contributed by atoms with Crippen LogP contribution in [0.4, 0.5) is 4.39 Å². The van der Waals surface area contributed by atoms with E-state index in [0.717, 1.165) is 32.2 Å². The van der Waals surface area contributed by atoms with E-state index in [1.165, 1.54) is 6.07 Å². The zero-order valence-corrected chi connectivity index (χ0v) is 14.5. The summed E-state index contributed by atoms with van der Waals surface area (Å²) in [5.74, 6) is -0.497. The third kappa shape index (κ3) is 4.66. The van der Waals surface area contributed by atoms with Crippen molar-refractivity contribution in [1.82, 2.24) is 5.32 Å². The molecule has 1 aromatic carbocycles. The monoisotopic (exact) mass is 343 g/mol. The maximum Gasteiger partial charge on any atom is 0.147 e. The lowest BCUT2D eigenvalue weighted by Crippen LogP contribution is -2.44. The van der Waals surface area contributed by atoms with Crippen LogP contribution in [0.25, 0.3) is 0 Å². The van der Waals surface area contributed by atoms with E-state index in [4.69, 9.17) is 16.3 Å². The van der Waals surface area contributed by atoms with E-state index in [9.17, 15) is 9.50 Å². The number of nitrogens with one attached hydrogen (secondary N) is 1. The van der Waals surface area contributed by atoms with E-state index < -0.39 is 11.4 Å². The summed E-state index contributed by atoms with van der Waals surface area (Å²) in [6, 6.07) is 4.90. The topological polar surface area (TPSA) is 41.5 Å². The molecule has 0 aliphatic carbocycles. The minimum absolute atomic E-state index is 0.00342. The molecule has 5 heteroatoms. The summed E-state index contributed by atoms with van der Waals surface area (Å²) in [7, 11) is 0. The van der Waals surface area contributed by atoms with Crippen LogP contribution in [0.1, 0.15) is 44.6 Å². The fraction of sp³-hybridized carbons (Fsp3) is 0.667. The van der Waals surface area contributed by atoms with Crippen molar-refractivity contribution in [2.24, 2.45) is 5.92 Å². The Labute approximate surface area is 143 Å². The molecule has 2 N–H and O–H groups in total. The first-order chi connectivity index (χ1) is 11.1. The number of hydrogen-bond acceptors (Lipinski definition) is 3. The number of benzene rings is 1. The molecule has 1 saturated heterocycles. The van der Waals surface area contributed by atoms with Crippen LogP contribution in [-0.4, -0.2) is 31.4 Å². The molecule has 1 fully saturated rings. The second-order valence-corrected chi connectivity index (χ2v) is 6.63. The summed E-state index contributed by atoms with van der Waals surface area (Å²) < 4.78 is 19.9. The molecule has 0 spiro atoms. The van der Waals surface area contributed by atoms with Gasteiger partial charge in [-0.1, -0.05) is 23.7 Å². The van der Waals surface area contributed by atoms with Gasteiger partial charge in [-0.3, -0.25) is 0 Å². The molecule has 0 aromatic heterocycles. The third-order valence-electron chi connectivity index (χ3n) is 4.69.